The molecule has 1 aliphatic rings. The summed E-state index contributed by atoms with van der Waals surface area (Å²) in [6.45, 7) is 0.732. The lowest BCUT2D eigenvalue weighted by Crippen LogP contribution is -2.23. The summed E-state index contributed by atoms with van der Waals surface area (Å²) in [6.07, 6.45) is 1.46. The summed E-state index contributed by atoms with van der Waals surface area (Å²) in [7, 11) is 1.60. The third kappa shape index (κ3) is 4.32. The van der Waals surface area contributed by atoms with Crippen LogP contribution in [0, 0.1) is 0 Å². The Morgan fingerprint density at radius 2 is 1.90 bits per heavy atom. The van der Waals surface area contributed by atoms with E-state index in [1.165, 1.54) is 11.8 Å². The molecular weight excluding hydrogens is 390 g/mol. The molecule has 29 heavy (non-hydrogen) atoms. The highest BCUT2D eigenvalue weighted by atomic mass is 32.2. The average molecular weight is 409 g/mol. The zero-order valence-electron chi connectivity index (χ0n) is 15.8. The van der Waals surface area contributed by atoms with Gasteiger partial charge in [-0.2, -0.15) is 0 Å². The van der Waals surface area contributed by atoms with Gasteiger partial charge in [0.25, 0.3) is 5.22 Å². The second-order valence-corrected chi connectivity index (χ2v) is 7.44. The van der Waals surface area contributed by atoms with Crippen molar-refractivity contribution in [2.24, 2.45) is 0 Å². The van der Waals surface area contributed by atoms with E-state index in [9.17, 15) is 9.59 Å². The van der Waals surface area contributed by atoms with Gasteiger partial charge >= 0.3 is 0 Å². The van der Waals surface area contributed by atoms with E-state index in [1.807, 2.05) is 36.4 Å². The number of ketones is 1. The Kier molecular flexibility index (Phi) is 5.62. The number of benzene rings is 2. The lowest BCUT2D eigenvalue weighted by Gasteiger charge is -2.15. The number of rotatable bonds is 7. The van der Waals surface area contributed by atoms with Gasteiger partial charge in [-0.15, -0.1) is 10.2 Å². The zero-order chi connectivity index (χ0) is 20.2. The number of hydrogen-bond donors (Lipinski definition) is 0. The molecule has 4 rings (SSSR count). The summed E-state index contributed by atoms with van der Waals surface area (Å²) in [4.78, 5) is 26.0. The molecule has 1 fully saturated rings. The molecule has 2 heterocycles. The largest absolute Gasteiger partial charge is 0.497 e. The number of ether oxygens (including phenoxy) is 1. The van der Waals surface area contributed by atoms with Crippen LogP contribution in [-0.2, 0) is 4.79 Å². The Bertz CT molecular complexity index is 1020. The number of nitrogens with zero attached hydrogens (tertiary/aromatic N) is 3. The summed E-state index contributed by atoms with van der Waals surface area (Å²) in [6, 6.07) is 14.4. The van der Waals surface area contributed by atoms with Gasteiger partial charge in [0.15, 0.2) is 5.78 Å². The minimum Gasteiger partial charge on any atom is -0.497 e. The van der Waals surface area contributed by atoms with Gasteiger partial charge < -0.3 is 14.1 Å². The van der Waals surface area contributed by atoms with E-state index < -0.39 is 0 Å². The maximum atomic E-state index is 12.5. The minimum absolute atomic E-state index is 0.0431. The van der Waals surface area contributed by atoms with E-state index in [0.29, 0.717) is 23.1 Å². The van der Waals surface area contributed by atoms with Gasteiger partial charge in [-0.05, 0) is 55.0 Å². The first-order chi connectivity index (χ1) is 14.1. The zero-order valence-corrected chi connectivity index (χ0v) is 16.6. The van der Waals surface area contributed by atoms with Crippen molar-refractivity contribution < 1.29 is 18.7 Å². The fourth-order valence-corrected chi connectivity index (χ4v) is 3.74. The van der Waals surface area contributed by atoms with Crippen LogP contribution in [0.4, 0.5) is 5.69 Å². The predicted octanol–water partition coefficient (Wildman–Crippen LogP) is 3.85. The molecule has 7 nitrogen and oxygen atoms in total. The molecule has 1 saturated heterocycles. The molecule has 148 valence electrons. The summed E-state index contributed by atoms with van der Waals surface area (Å²) >= 11 is 1.20. The molecule has 0 radical (unpaired) electrons. The molecule has 0 N–H and O–H groups in total. The van der Waals surface area contributed by atoms with Crippen LogP contribution in [0.25, 0.3) is 11.5 Å². The Labute approximate surface area is 172 Å². The lowest BCUT2D eigenvalue weighted by molar-refractivity contribution is -0.117. The lowest BCUT2D eigenvalue weighted by atomic mass is 10.1. The molecule has 0 spiro atoms. The number of hydrogen-bond acceptors (Lipinski definition) is 7. The van der Waals surface area contributed by atoms with Crippen molar-refractivity contribution in [3.8, 4) is 17.2 Å². The number of carbonyl (C=O) groups is 2. The number of thioether (sulfide) groups is 1. The SMILES string of the molecule is COc1ccc(-c2nnc(SCC(=O)c3ccc(N4CCCC4=O)cc3)o2)cc1. The Morgan fingerprint density at radius 1 is 1.14 bits per heavy atom. The summed E-state index contributed by atoms with van der Waals surface area (Å²) in [5, 5.41) is 8.36. The van der Waals surface area contributed by atoms with Crippen LogP contribution in [0.2, 0.25) is 0 Å². The highest BCUT2D eigenvalue weighted by molar-refractivity contribution is 7.99. The molecule has 0 bridgehead atoms. The highest BCUT2D eigenvalue weighted by Gasteiger charge is 2.21. The molecular formula is C21H19N3O4S. The van der Waals surface area contributed by atoms with Crippen molar-refractivity contribution in [2.45, 2.75) is 18.1 Å². The second-order valence-electron chi connectivity index (χ2n) is 6.51. The molecule has 0 unspecified atom stereocenters. The number of Topliss-reactive ketones (excluding diaryl/α,β-unsaturated/α-hetero) is 1. The maximum absolute atomic E-state index is 12.5. The first kappa shape index (κ1) is 19.2. The van der Waals surface area contributed by atoms with Crippen LogP contribution in [0.3, 0.4) is 0 Å². The molecule has 0 saturated carbocycles. The van der Waals surface area contributed by atoms with E-state index in [-0.39, 0.29) is 17.4 Å². The number of carbonyl (C=O) groups excluding carboxylic acids is 2. The second kappa shape index (κ2) is 8.48. The van der Waals surface area contributed by atoms with Crippen LogP contribution < -0.4 is 9.64 Å². The molecule has 1 amide bonds. The van der Waals surface area contributed by atoms with E-state index in [4.69, 9.17) is 9.15 Å². The molecule has 3 aromatic rings. The summed E-state index contributed by atoms with van der Waals surface area (Å²) in [5.74, 6) is 1.41. The summed E-state index contributed by atoms with van der Waals surface area (Å²) < 4.78 is 10.8. The van der Waals surface area contributed by atoms with Crippen LogP contribution in [0.5, 0.6) is 5.75 Å². The van der Waals surface area contributed by atoms with Gasteiger partial charge in [0.1, 0.15) is 5.75 Å². The normalized spacial score (nSPS) is 13.7. The number of amides is 1. The van der Waals surface area contributed by atoms with E-state index in [0.717, 1.165) is 30.0 Å². The van der Waals surface area contributed by atoms with E-state index in [2.05, 4.69) is 10.2 Å². The Morgan fingerprint density at radius 3 is 2.55 bits per heavy atom. The summed E-state index contributed by atoms with van der Waals surface area (Å²) in [5.41, 5.74) is 2.20. The number of anilines is 1. The van der Waals surface area contributed by atoms with Crippen LogP contribution in [0.15, 0.2) is 58.2 Å². The quantitative estimate of drug-likeness (QED) is 0.433. The molecule has 0 aliphatic carbocycles. The monoisotopic (exact) mass is 409 g/mol. The topological polar surface area (TPSA) is 85.5 Å². The van der Waals surface area contributed by atoms with Gasteiger partial charge in [0.2, 0.25) is 11.8 Å². The van der Waals surface area contributed by atoms with Crippen molar-refractivity contribution in [1.29, 1.82) is 0 Å². The maximum Gasteiger partial charge on any atom is 0.277 e. The standard InChI is InChI=1S/C21H19N3O4S/c1-27-17-10-6-15(7-11-17)20-22-23-21(28-20)29-13-18(25)14-4-8-16(9-5-14)24-12-2-3-19(24)26/h4-11H,2-3,12-13H2,1H3. The minimum atomic E-state index is -0.0431. The highest BCUT2D eigenvalue weighted by Crippen LogP contribution is 2.26. The van der Waals surface area contributed by atoms with E-state index >= 15 is 0 Å². The van der Waals surface area contributed by atoms with Gasteiger partial charge in [-0.1, -0.05) is 11.8 Å². The van der Waals surface area contributed by atoms with Crippen LogP contribution in [0.1, 0.15) is 23.2 Å². The smallest absolute Gasteiger partial charge is 0.277 e. The molecule has 1 aromatic heterocycles. The third-order valence-electron chi connectivity index (χ3n) is 4.64. The van der Waals surface area contributed by atoms with Gasteiger partial charge in [0, 0.05) is 29.8 Å². The fourth-order valence-electron chi connectivity index (χ4n) is 3.08. The van der Waals surface area contributed by atoms with Crippen LogP contribution >= 0.6 is 11.8 Å². The predicted molar refractivity (Wildman–Crippen MR) is 109 cm³/mol. The molecule has 1 aliphatic heterocycles. The van der Waals surface area contributed by atoms with Gasteiger partial charge in [0.05, 0.1) is 12.9 Å². The van der Waals surface area contributed by atoms with Gasteiger partial charge in [-0.25, -0.2) is 0 Å². The Balaban J connectivity index is 1.36. The fraction of sp³-hybridized carbons (Fsp3) is 0.238. The van der Waals surface area contributed by atoms with Crippen molar-refractivity contribution in [3.05, 3.63) is 54.1 Å². The average Bonchev–Trinajstić information content (AvgIpc) is 3.41. The first-order valence-electron chi connectivity index (χ1n) is 9.18. The van der Waals surface area contributed by atoms with Crippen molar-refractivity contribution in [1.82, 2.24) is 10.2 Å². The van der Waals surface area contributed by atoms with Crippen LogP contribution in [-0.4, -0.2) is 41.3 Å². The van der Waals surface area contributed by atoms with E-state index in [1.54, 1.807) is 24.1 Å². The molecule has 0 atom stereocenters. The number of methoxy groups -OCH3 is 1. The molecule has 2 aromatic carbocycles. The first-order valence-corrected chi connectivity index (χ1v) is 10.2. The van der Waals surface area contributed by atoms with Gasteiger partial charge in [-0.3, -0.25) is 9.59 Å². The molecule has 8 heteroatoms. The van der Waals surface area contributed by atoms with Crippen molar-refractivity contribution >= 4 is 29.1 Å². The van der Waals surface area contributed by atoms with Crippen molar-refractivity contribution in [3.63, 3.8) is 0 Å². The Hall–Kier alpha value is -3.13. The number of aromatic nitrogens is 2. The third-order valence-corrected chi connectivity index (χ3v) is 5.46. The van der Waals surface area contributed by atoms with Crippen molar-refractivity contribution in [2.75, 3.05) is 24.3 Å².